The minimum Gasteiger partial charge on any atom is -0.396 e. The highest BCUT2D eigenvalue weighted by Gasteiger charge is 2.20. The molecule has 0 amide bonds. The molecule has 2 nitrogen and oxygen atoms in total. The standard InChI is InChI=1S/C8H17NO/c9-8-4-2-1-3-7(8)5-6-10/h7-8,10H,1-6,9H2. The maximum atomic E-state index is 8.68. The first kappa shape index (κ1) is 8.02. The summed E-state index contributed by atoms with van der Waals surface area (Å²) in [5.41, 5.74) is 5.85. The fourth-order valence-electron chi connectivity index (χ4n) is 1.76. The van der Waals surface area contributed by atoms with Crippen LogP contribution in [0.1, 0.15) is 32.1 Å². The molecule has 3 N–H and O–H groups in total. The lowest BCUT2D eigenvalue weighted by Gasteiger charge is -2.27. The van der Waals surface area contributed by atoms with Gasteiger partial charge in [0.2, 0.25) is 0 Å². The van der Waals surface area contributed by atoms with Crippen LogP contribution in [0.25, 0.3) is 0 Å². The molecule has 1 aliphatic rings. The third-order valence-electron chi connectivity index (χ3n) is 2.47. The highest BCUT2D eigenvalue weighted by Crippen LogP contribution is 2.24. The minimum atomic E-state index is 0.304. The van der Waals surface area contributed by atoms with Crippen molar-refractivity contribution in [1.82, 2.24) is 0 Å². The van der Waals surface area contributed by atoms with E-state index in [0.29, 0.717) is 18.6 Å². The summed E-state index contributed by atoms with van der Waals surface area (Å²) < 4.78 is 0. The summed E-state index contributed by atoms with van der Waals surface area (Å²) >= 11 is 0. The summed E-state index contributed by atoms with van der Waals surface area (Å²) in [5, 5.41) is 8.68. The zero-order valence-corrected chi connectivity index (χ0v) is 6.42. The van der Waals surface area contributed by atoms with Crippen molar-refractivity contribution >= 4 is 0 Å². The van der Waals surface area contributed by atoms with Gasteiger partial charge in [-0.05, 0) is 25.2 Å². The van der Waals surface area contributed by atoms with E-state index in [0.717, 1.165) is 12.8 Å². The normalized spacial score (nSPS) is 34.2. The summed E-state index contributed by atoms with van der Waals surface area (Å²) in [6.07, 6.45) is 5.87. The highest BCUT2D eigenvalue weighted by atomic mass is 16.3. The van der Waals surface area contributed by atoms with Crippen LogP contribution in [-0.4, -0.2) is 17.8 Å². The average Bonchev–Trinajstić information content (AvgIpc) is 1.94. The van der Waals surface area contributed by atoms with E-state index in [9.17, 15) is 0 Å². The van der Waals surface area contributed by atoms with Crippen LogP contribution in [-0.2, 0) is 0 Å². The van der Waals surface area contributed by atoms with Crippen molar-refractivity contribution in [2.45, 2.75) is 38.1 Å². The number of nitrogens with two attached hydrogens (primary N) is 1. The molecule has 0 aliphatic heterocycles. The maximum absolute atomic E-state index is 8.68. The molecule has 0 spiro atoms. The lowest BCUT2D eigenvalue weighted by atomic mass is 9.83. The molecule has 1 aliphatic carbocycles. The van der Waals surface area contributed by atoms with Crippen LogP contribution in [0.3, 0.4) is 0 Å². The van der Waals surface area contributed by atoms with Gasteiger partial charge in [0.1, 0.15) is 0 Å². The Balaban J connectivity index is 2.25. The van der Waals surface area contributed by atoms with Gasteiger partial charge in [-0.25, -0.2) is 0 Å². The van der Waals surface area contributed by atoms with Gasteiger partial charge in [-0.3, -0.25) is 0 Å². The molecule has 2 atom stereocenters. The summed E-state index contributed by atoms with van der Waals surface area (Å²) in [6.45, 7) is 0.304. The van der Waals surface area contributed by atoms with E-state index in [2.05, 4.69) is 0 Å². The van der Waals surface area contributed by atoms with Crippen molar-refractivity contribution in [2.75, 3.05) is 6.61 Å². The van der Waals surface area contributed by atoms with E-state index in [1.54, 1.807) is 0 Å². The number of hydrogen-bond acceptors (Lipinski definition) is 2. The Hall–Kier alpha value is -0.0800. The first-order chi connectivity index (χ1) is 4.84. The van der Waals surface area contributed by atoms with Crippen LogP contribution in [0.5, 0.6) is 0 Å². The summed E-state index contributed by atoms with van der Waals surface area (Å²) in [7, 11) is 0. The lowest BCUT2D eigenvalue weighted by Crippen LogP contribution is -2.33. The van der Waals surface area contributed by atoms with Crippen LogP contribution < -0.4 is 5.73 Å². The van der Waals surface area contributed by atoms with E-state index in [1.807, 2.05) is 0 Å². The predicted molar refractivity (Wildman–Crippen MR) is 41.6 cm³/mol. The quantitative estimate of drug-likeness (QED) is 0.603. The van der Waals surface area contributed by atoms with Crippen molar-refractivity contribution in [3.8, 4) is 0 Å². The van der Waals surface area contributed by atoms with Crippen LogP contribution in [0.4, 0.5) is 0 Å². The predicted octanol–water partition coefficient (Wildman–Crippen LogP) is 0.886. The lowest BCUT2D eigenvalue weighted by molar-refractivity contribution is 0.212. The third-order valence-corrected chi connectivity index (χ3v) is 2.47. The second-order valence-corrected chi connectivity index (χ2v) is 3.22. The van der Waals surface area contributed by atoms with Gasteiger partial charge >= 0.3 is 0 Å². The molecule has 1 rings (SSSR count). The molecule has 0 heterocycles. The van der Waals surface area contributed by atoms with Crippen molar-refractivity contribution in [3.05, 3.63) is 0 Å². The van der Waals surface area contributed by atoms with E-state index >= 15 is 0 Å². The van der Waals surface area contributed by atoms with Gasteiger partial charge in [-0.2, -0.15) is 0 Å². The van der Waals surface area contributed by atoms with Crippen molar-refractivity contribution in [1.29, 1.82) is 0 Å². The average molecular weight is 143 g/mol. The fraction of sp³-hybridized carbons (Fsp3) is 1.00. The van der Waals surface area contributed by atoms with Crippen LogP contribution in [0.2, 0.25) is 0 Å². The third kappa shape index (κ3) is 1.96. The molecule has 0 bridgehead atoms. The van der Waals surface area contributed by atoms with Crippen molar-refractivity contribution in [3.63, 3.8) is 0 Å². The zero-order valence-electron chi connectivity index (χ0n) is 6.42. The number of hydrogen-bond donors (Lipinski definition) is 2. The Bertz CT molecular complexity index is 93.3. The van der Waals surface area contributed by atoms with Crippen LogP contribution in [0.15, 0.2) is 0 Å². The Morgan fingerprint density at radius 3 is 2.60 bits per heavy atom. The second-order valence-electron chi connectivity index (χ2n) is 3.22. The number of rotatable bonds is 2. The number of aliphatic hydroxyl groups is 1. The molecular formula is C8H17NO. The Morgan fingerprint density at radius 1 is 1.30 bits per heavy atom. The maximum Gasteiger partial charge on any atom is 0.0434 e. The van der Waals surface area contributed by atoms with Gasteiger partial charge in [-0.15, -0.1) is 0 Å². The van der Waals surface area contributed by atoms with Crippen LogP contribution >= 0.6 is 0 Å². The first-order valence-electron chi connectivity index (χ1n) is 4.21. The highest BCUT2D eigenvalue weighted by molar-refractivity contribution is 4.77. The molecule has 0 aromatic heterocycles. The van der Waals surface area contributed by atoms with Gasteiger partial charge < -0.3 is 10.8 Å². The molecule has 0 aromatic rings. The minimum absolute atomic E-state index is 0.304. The molecule has 2 heteroatoms. The molecule has 1 fully saturated rings. The van der Waals surface area contributed by atoms with Crippen LogP contribution in [0, 0.1) is 5.92 Å². The first-order valence-corrected chi connectivity index (χ1v) is 4.21. The fourth-order valence-corrected chi connectivity index (χ4v) is 1.76. The smallest absolute Gasteiger partial charge is 0.0434 e. The summed E-state index contributed by atoms with van der Waals surface area (Å²) in [4.78, 5) is 0. The van der Waals surface area contributed by atoms with Gasteiger partial charge in [0, 0.05) is 12.6 Å². The van der Waals surface area contributed by atoms with Gasteiger partial charge in [0.15, 0.2) is 0 Å². The summed E-state index contributed by atoms with van der Waals surface area (Å²) in [6, 6.07) is 0.362. The van der Waals surface area contributed by atoms with E-state index in [4.69, 9.17) is 10.8 Å². The molecule has 0 saturated heterocycles. The van der Waals surface area contributed by atoms with Gasteiger partial charge in [-0.1, -0.05) is 12.8 Å². The van der Waals surface area contributed by atoms with Crippen molar-refractivity contribution in [2.24, 2.45) is 11.7 Å². The zero-order chi connectivity index (χ0) is 7.40. The molecule has 1 saturated carbocycles. The van der Waals surface area contributed by atoms with Gasteiger partial charge in [0.25, 0.3) is 0 Å². The Labute approximate surface area is 62.4 Å². The molecule has 0 aromatic carbocycles. The molecule has 10 heavy (non-hydrogen) atoms. The molecule has 2 unspecified atom stereocenters. The second kappa shape index (κ2) is 3.94. The Kier molecular flexibility index (Phi) is 3.16. The number of aliphatic hydroxyl groups excluding tert-OH is 1. The topological polar surface area (TPSA) is 46.2 Å². The molecule has 0 radical (unpaired) electrons. The Morgan fingerprint density at radius 2 is 2.00 bits per heavy atom. The monoisotopic (exact) mass is 143 g/mol. The van der Waals surface area contributed by atoms with E-state index < -0.39 is 0 Å². The van der Waals surface area contributed by atoms with E-state index in [1.165, 1.54) is 19.3 Å². The summed E-state index contributed by atoms with van der Waals surface area (Å²) in [5.74, 6) is 0.596. The molecule has 60 valence electrons. The SMILES string of the molecule is NC1CCCCC1CCO. The largest absolute Gasteiger partial charge is 0.396 e. The van der Waals surface area contributed by atoms with Crippen molar-refractivity contribution < 1.29 is 5.11 Å². The van der Waals surface area contributed by atoms with Gasteiger partial charge in [0.05, 0.1) is 0 Å². The molecular weight excluding hydrogens is 126 g/mol. The van der Waals surface area contributed by atoms with E-state index in [-0.39, 0.29) is 0 Å².